The van der Waals surface area contributed by atoms with Gasteiger partial charge in [0.15, 0.2) is 0 Å². The van der Waals surface area contributed by atoms with Crippen molar-refractivity contribution < 1.29 is 0 Å². The second-order valence-corrected chi connectivity index (χ2v) is 2.82. The molecule has 64 valence electrons. The molecule has 0 aromatic heterocycles. The molecule has 1 heterocycles. The Morgan fingerprint density at radius 3 is 2.83 bits per heavy atom. The first kappa shape index (κ1) is 8.85. The minimum atomic E-state index is 1.06. The van der Waals surface area contributed by atoms with Gasteiger partial charge in [0.2, 0.25) is 0 Å². The Morgan fingerprint density at radius 2 is 2.17 bits per heavy atom. The van der Waals surface area contributed by atoms with Gasteiger partial charge in [0.25, 0.3) is 0 Å². The molecule has 1 aliphatic rings. The van der Waals surface area contributed by atoms with E-state index in [-0.39, 0.29) is 0 Å². The molecule has 0 bridgehead atoms. The number of piperidine rings is 1. The van der Waals surface area contributed by atoms with Crippen LogP contribution in [-0.4, -0.2) is 6.54 Å². The summed E-state index contributed by atoms with van der Waals surface area (Å²) in [7, 11) is 0. The SMILES string of the molecule is C=C/C=C/C=C1/CCCNC1=C. The monoisotopic (exact) mass is 161 g/mol. The van der Waals surface area contributed by atoms with Crippen LogP contribution < -0.4 is 5.32 Å². The molecule has 0 aromatic rings. The smallest absolute Gasteiger partial charge is 0.0299 e. The van der Waals surface area contributed by atoms with Gasteiger partial charge >= 0.3 is 0 Å². The highest BCUT2D eigenvalue weighted by molar-refractivity contribution is 5.32. The summed E-state index contributed by atoms with van der Waals surface area (Å²) in [4.78, 5) is 0. The van der Waals surface area contributed by atoms with Crippen LogP contribution in [0.15, 0.2) is 48.7 Å². The van der Waals surface area contributed by atoms with Crippen molar-refractivity contribution in [2.45, 2.75) is 12.8 Å². The zero-order valence-corrected chi connectivity index (χ0v) is 7.34. The van der Waals surface area contributed by atoms with E-state index in [2.05, 4.69) is 24.6 Å². The fraction of sp³-hybridized carbons (Fsp3) is 0.273. The first-order valence-electron chi connectivity index (χ1n) is 4.26. The molecule has 1 fully saturated rings. The van der Waals surface area contributed by atoms with Crippen molar-refractivity contribution in [2.24, 2.45) is 0 Å². The molecule has 0 amide bonds. The fourth-order valence-corrected chi connectivity index (χ4v) is 1.22. The summed E-state index contributed by atoms with van der Waals surface area (Å²) in [6, 6.07) is 0. The summed E-state index contributed by atoms with van der Waals surface area (Å²) in [6.07, 6.45) is 10.1. The second kappa shape index (κ2) is 4.60. The van der Waals surface area contributed by atoms with Crippen molar-refractivity contribution in [1.29, 1.82) is 0 Å². The van der Waals surface area contributed by atoms with E-state index in [1.54, 1.807) is 6.08 Å². The Labute approximate surface area is 74.2 Å². The molecule has 1 aliphatic heterocycles. The fourth-order valence-electron chi connectivity index (χ4n) is 1.22. The summed E-state index contributed by atoms with van der Waals surface area (Å²) < 4.78 is 0. The van der Waals surface area contributed by atoms with Crippen molar-refractivity contribution in [3.8, 4) is 0 Å². The average Bonchev–Trinajstić information content (AvgIpc) is 2.09. The first-order chi connectivity index (χ1) is 5.84. The summed E-state index contributed by atoms with van der Waals surface area (Å²) in [5, 5.41) is 3.24. The van der Waals surface area contributed by atoms with Crippen LogP contribution in [0.2, 0.25) is 0 Å². The number of hydrogen-bond donors (Lipinski definition) is 1. The van der Waals surface area contributed by atoms with Gasteiger partial charge in [0, 0.05) is 12.2 Å². The Balaban J connectivity index is 2.58. The average molecular weight is 161 g/mol. The topological polar surface area (TPSA) is 12.0 Å². The standard InChI is InChI=1S/C11H15N/c1-3-4-5-7-11-8-6-9-12-10(11)2/h3-5,7,12H,1-2,6,8-9H2/b5-4+,11-7-. The van der Waals surface area contributed by atoms with Crippen molar-refractivity contribution >= 4 is 0 Å². The predicted molar refractivity (Wildman–Crippen MR) is 53.8 cm³/mol. The molecule has 0 saturated carbocycles. The lowest BCUT2D eigenvalue weighted by atomic mass is 10.0. The van der Waals surface area contributed by atoms with Crippen molar-refractivity contribution in [1.82, 2.24) is 5.32 Å². The third-order valence-corrected chi connectivity index (χ3v) is 1.89. The van der Waals surface area contributed by atoms with Crippen LogP contribution in [0.25, 0.3) is 0 Å². The summed E-state index contributed by atoms with van der Waals surface area (Å²) in [6.45, 7) is 8.60. The predicted octanol–water partition coefficient (Wildman–Crippen LogP) is 2.55. The molecule has 0 atom stereocenters. The van der Waals surface area contributed by atoms with Gasteiger partial charge < -0.3 is 5.32 Å². The zero-order valence-electron chi connectivity index (χ0n) is 7.34. The third kappa shape index (κ3) is 2.42. The number of rotatable bonds is 2. The molecule has 12 heavy (non-hydrogen) atoms. The summed E-state index contributed by atoms with van der Waals surface area (Å²) in [5.41, 5.74) is 2.37. The molecule has 0 aromatic carbocycles. The van der Waals surface area contributed by atoms with E-state index >= 15 is 0 Å². The minimum Gasteiger partial charge on any atom is -0.385 e. The lowest BCUT2D eigenvalue weighted by molar-refractivity contribution is 0.671. The molecule has 1 rings (SSSR count). The van der Waals surface area contributed by atoms with Crippen LogP contribution in [0, 0.1) is 0 Å². The van der Waals surface area contributed by atoms with E-state index in [4.69, 9.17) is 0 Å². The maximum Gasteiger partial charge on any atom is 0.0299 e. The van der Waals surface area contributed by atoms with Gasteiger partial charge in [-0.2, -0.15) is 0 Å². The lowest BCUT2D eigenvalue weighted by Crippen LogP contribution is -2.20. The van der Waals surface area contributed by atoms with Gasteiger partial charge in [-0.05, 0) is 18.4 Å². The normalized spacial score (nSPS) is 21.3. The van der Waals surface area contributed by atoms with Gasteiger partial charge in [-0.15, -0.1) is 0 Å². The summed E-state index contributed by atoms with van der Waals surface area (Å²) >= 11 is 0. The summed E-state index contributed by atoms with van der Waals surface area (Å²) in [5.74, 6) is 0. The molecular weight excluding hydrogens is 146 g/mol. The third-order valence-electron chi connectivity index (χ3n) is 1.89. The number of allylic oxidation sites excluding steroid dienone is 5. The molecule has 0 spiro atoms. The molecule has 0 unspecified atom stereocenters. The van der Waals surface area contributed by atoms with Gasteiger partial charge in [0.1, 0.15) is 0 Å². The first-order valence-corrected chi connectivity index (χ1v) is 4.26. The molecular formula is C11H15N. The quantitative estimate of drug-likeness (QED) is 0.614. The van der Waals surface area contributed by atoms with Crippen LogP contribution in [0.5, 0.6) is 0 Å². The Kier molecular flexibility index (Phi) is 3.39. The second-order valence-electron chi connectivity index (χ2n) is 2.82. The van der Waals surface area contributed by atoms with E-state index in [1.807, 2.05) is 12.2 Å². The van der Waals surface area contributed by atoms with Crippen LogP contribution >= 0.6 is 0 Å². The van der Waals surface area contributed by atoms with Crippen molar-refractivity contribution in [2.75, 3.05) is 6.54 Å². The van der Waals surface area contributed by atoms with Crippen molar-refractivity contribution in [3.63, 3.8) is 0 Å². The largest absolute Gasteiger partial charge is 0.385 e. The number of hydrogen-bond acceptors (Lipinski definition) is 1. The van der Waals surface area contributed by atoms with Crippen LogP contribution in [-0.2, 0) is 0 Å². The molecule has 0 aliphatic carbocycles. The van der Waals surface area contributed by atoms with E-state index in [0.717, 1.165) is 18.7 Å². The number of nitrogens with one attached hydrogen (secondary N) is 1. The Bertz CT molecular complexity index is 233. The zero-order chi connectivity index (χ0) is 8.81. The molecule has 1 heteroatoms. The Morgan fingerprint density at radius 1 is 1.33 bits per heavy atom. The van der Waals surface area contributed by atoms with E-state index < -0.39 is 0 Å². The highest BCUT2D eigenvalue weighted by Crippen LogP contribution is 2.16. The maximum absolute atomic E-state index is 3.94. The molecule has 0 radical (unpaired) electrons. The highest BCUT2D eigenvalue weighted by atomic mass is 14.9. The van der Waals surface area contributed by atoms with Gasteiger partial charge in [-0.25, -0.2) is 0 Å². The lowest BCUT2D eigenvalue weighted by Gasteiger charge is -2.18. The molecule has 1 N–H and O–H groups in total. The van der Waals surface area contributed by atoms with E-state index in [0.29, 0.717) is 0 Å². The van der Waals surface area contributed by atoms with Crippen LogP contribution in [0.1, 0.15) is 12.8 Å². The van der Waals surface area contributed by atoms with E-state index in [1.165, 1.54) is 12.0 Å². The molecule has 1 saturated heterocycles. The maximum atomic E-state index is 3.94. The van der Waals surface area contributed by atoms with Crippen LogP contribution in [0.4, 0.5) is 0 Å². The minimum absolute atomic E-state index is 1.06. The van der Waals surface area contributed by atoms with Gasteiger partial charge in [-0.1, -0.05) is 37.5 Å². The Hall–Kier alpha value is -1.24. The highest BCUT2D eigenvalue weighted by Gasteiger charge is 2.06. The molecule has 1 nitrogen and oxygen atoms in total. The van der Waals surface area contributed by atoms with E-state index in [9.17, 15) is 0 Å². The van der Waals surface area contributed by atoms with Gasteiger partial charge in [-0.3, -0.25) is 0 Å². The van der Waals surface area contributed by atoms with Gasteiger partial charge in [0.05, 0.1) is 0 Å². The van der Waals surface area contributed by atoms with Crippen LogP contribution in [0.3, 0.4) is 0 Å². The van der Waals surface area contributed by atoms with Crippen molar-refractivity contribution in [3.05, 3.63) is 48.7 Å².